The third kappa shape index (κ3) is 1.87. The van der Waals surface area contributed by atoms with E-state index in [2.05, 4.69) is 27.0 Å². The first kappa shape index (κ1) is 10.9. The van der Waals surface area contributed by atoms with Crippen LogP contribution in [-0.2, 0) is 4.79 Å². The number of nitrogens with one attached hydrogen (secondary N) is 2. The average Bonchev–Trinajstić information content (AvgIpc) is 2.90. The van der Waals surface area contributed by atoms with Crippen LogP contribution in [0, 0.1) is 6.92 Å². The van der Waals surface area contributed by atoms with Crippen LogP contribution in [0.25, 0.3) is 0 Å². The van der Waals surface area contributed by atoms with Gasteiger partial charge in [0.25, 0.3) is 0 Å². The molecule has 0 fully saturated rings. The van der Waals surface area contributed by atoms with Gasteiger partial charge >= 0.3 is 0 Å². The number of carbonyl (C=O) groups is 1. The van der Waals surface area contributed by atoms with Crippen molar-refractivity contribution in [3.63, 3.8) is 0 Å². The number of thiophene rings is 1. The lowest BCUT2D eigenvalue weighted by Gasteiger charge is -2.12. The standard InChI is InChI=1S/C11H11N3OS2/c1-6-9-10(7-3-2-4-16-7)17-5-8(15)12-11(9)14-13-6/h2-4,10H,5H2,1H3,(H2,12,13,14,15)/t10-/m0/s1. The Balaban J connectivity index is 2.10. The summed E-state index contributed by atoms with van der Waals surface area (Å²) >= 11 is 3.36. The molecule has 0 saturated heterocycles. The topological polar surface area (TPSA) is 57.8 Å². The van der Waals surface area contributed by atoms with Gasteiger partial charge in [-0.3, -0.25) is 9.89 Å². The molecule has 3 rings (SSSR count). The van der Waals surface area contributed by atoms with Gasteiger partial charge in [-0.2, -0.15) is 5.10 Å². The number of aryl methyl sites for hydroxylation is 1. The molecule has 0 radical (unpaired) electrons. The molecule has 1 aliphatic heterocycles. The largest absolute Gasteiger partial charge is 0.308 e. The van der Waals surface area contributed by atoms with Gasteiger partial charge in [0.2, 0.25) is 5.91 Å². The van der Waals surface area contributed by atoms with E-state index in [1.807, 2.05) is 13.0 Å². The number of nitrogens with zero attached hydrogens (tertiary/aromatic N) is 1. The van der Waals surface area contributed by atoms with Gasteiger partial charge in [-0.25, -0.2) is 0 Å². The number of H-pyrrole nitrogens is 1. The van der Waals surface area contributed by atoms with Gasteiger partial charge in [0, 0.05) is 16.1 Å². The molecule has 0 aromatic carbocycles. The van der Waals surface area contributed by atoms with Crippen molar-refractivity contribution in [2.45, 2.75) is 12.2 Å². The van der Waals surface area contributed by atoms with E-state index in [0.717, 1.165) is 11.3 Å². The molecule has 0 spiro atoms. The van der Waals surface area contributed by atoms with Crippen molar-refractivity contribution in [1.82, 2.24) is 10.2 Å². The van der Waals surface area contributed by atoms with Crippen LogP contribution in [0.1, 0.15) is 21.4 Å². The summed E-state index contributed by atoms with van der Waals surface area (Å²) in [5, 5.41) is 12.2. The summed E-state index contributed by atoms with van der Waals surface area (Å²) in [5.74, 6) is 1.16. The summed E-state index contributed by atoms with van der Waals surface area (Å²) in [7, 11) is 0. The maximum Gasteiger partial charge on any atom is 0.235 e. The van der Waals surface area contributed by atoms with Gasteiger partial charge in [0.15, 0.2) is 5.82 Å². The van der Waals surface area contributed by atoms with E-state index in [1.165, 1.54) is 4.88 Å². The summed E-state index contributed by atoms with van der Waals surface area (Å²) in [6, 6.07) is 4.14. The number of thioether (sulfide) groups is 1. The number of rotatable bonds is 1. The Morgan fingerprint density at radius 3 is 3.18 bits per heavy atom. The molecule has 17 heavy (non-hydrogen) atoms. The number of aromatic nitrogens is 2. The fourth-order valence-corrected chi connectivity index (χ4v) is 4.10. The van der Waals surface area contributed by atoms with E-state index in [9.17, 15) is 4.79 Å². The van der Waals surface area contributed by atoms with Crippen LogP contribution >= 0.6 is 23.1 Å². The molecule has 2 aromatic heterocycles. The number of carbonyl (C=O) groups excluding carboxylic acids is 1. The minimum atomic E-state index is 0.0156. The SMILES string of the molecule is Cc1[nH]nc2c1[C@H](c1cccs1)SCC(=O)N2. The molecule has 0 saturated carbocycles. The molecule has 88 valence electrons. The lowest BCUT2D eigenvalue weighted by Crippen LogP contribution is -2.12. The predicted octanol–water partition coefficient (Wildman–Crippen LogP) is 2.55. The highest BCUT2D eigenvalue weighted by Crippen LogP contribution is 2.43. The van der Waals surface area contributed by atoms with Crippen LogP contribution in [0.2, 0.25) is 0 Å². The Labute approximate surface area is 107 Å². The zero-order valence-electron chi connectivity index (χ0n) is 9.19. The van der Waals surface area contributed by atoms with Crippen LogP contribution < -0.4 is 5.32 Å². The zero-order chi connectivity index (χ0) is 11.8. The number of fused-ring (bicyclic) bond motifs is 1. The van der Waals surface area contributed by atoms with E-state index >= 15 is 0 Å². The number of amides is 1. The molecule has 2 N–H and O–H groups in total. The summed E-state index contributed by atoms with van der Waals surface area (Å²) in [6.45, 7) is 1.99. The average molecular weight is 265 g/mol. The molecule has 4 nitrogen and oxygen atoms in total. The van der Waals surface area contributed by atoms with E-state index in [-0.39, 0.29) is 11.2 Å². The highest BCUT2D eigenvalue weighted by Gasteiger charge is 2.28. The van der Waals surface area contributed by atoms with Crippen molar-refractivity contribution in [2.24, 2.45) is 0 Å². The van der Waals surface area contributed by atoms with Gasteiger partial charge < -0.3 is 5.32 Å². The molecule has 1 atom stereocenters. The molecule has 1 amide bonds. The Kier molecular flexibility index (Phi) is 2.68. The highest BCUT2D eigenvalue weighted by atomic mass is 32.2. The molecule has 3 heterocycles. The van der Waals surface area contributed by atoms with Crippen LogP contribution in [-0.4, -0.2) is 21.9 Å². The van der Waals surface area contributed by atoms with Crippen LogP contribution in [0.5, 0.6) is 0 Å². The number of hydrogen-bond acceptors (Lipinski definition) is 4. The van der Waals surface area contributed by atoms with Crippen LogP contribution in [0.3, 0.4) is 0 Å². The van der Waals surface area contributed by atoms with Crippen LogP contribution in [0.15, 0.2) is 17.5 Å². The number of hydrogen-bond donors (Lipinski definition) is 2. The maximum atomic E-state index is 11.6. The Morgan fingerprint density at radius 1 is 1.53 bits per heavy atom. The second-order valence-corrected chi connectivity index (χ2v) is 5.94. The second-order valence-electron chi connectivity index (χ2n) is 3.87. The fraction of sp³-hybridized carbons (Fsp3) is 0.273. The lowest BCUT2D eigenvalue weighted by atomic mass is 10.1. The van der Waals surface area contributed by atoms with Crippen molar-refractivity contribution in [1.29, 1.82) is 0 Å². The minimum absolute atomic E-state index is 0.0156. The highest BCUT2D eigenvalue weighted by molar-refractivity contribution is 8.00. The summed E-state index contributed by atoms with van der Waals surface area (Å²) < 4.78 is 0. The van der Waals surface area contributed by atoms with E-state index < -0.39 is 0 Å². The number of anilines is 1. The molecular weight excluding hydrogens is 254 g/mol. The van der Waals surface area contributed by atoms with Gasteiger partial charge in [0.05, 0.1) is 11.0 Å². The molecule has 2 aromatic rings. The van der Waals surface area contributed by atoms with Crippen molar-refractivity contribution >= 4 is 34.8 Å². The number of aromatic amines is 1. The molecule has 0 unspecified atom stereocenters. The van der Waals surface area contributed by atoms with E-state index in [0.29, 0.717) is 11.6 Å². The third-order valence-corrected chi connectivity index (χ3v) is 5.04. The van der Waals surface area contributed by atoms with Crippen molar-refractivity contribution < 1.29 is 4.79 Å². The smallest absolute Gasteiger partial charge is 0.235 e. The minimum Gasteiger partial charge on any atom is -0.308 e. The Morgan fingerprint density at radius 2 is 2.41 bits per heavy atom. The van der Waals surface area contributed by atoms with E-state index in [4.69, 9.17) is 0 Å². The first-order valence-electron chi connectivity index (χ1n) is 5.25. The first-order chi connectivity index (χ1) is 8.25. The van der Waals surface area contributed by atoms with E-state index in [1.54, 1.807) is 23.1 Å². The predicted molar refractivity (Wildman–Crippen MR) is 70.6 cm³/mol. The molecular formula is C11H11N3OS2. The van der Waals surface area contributed by atoms with Gasteiger partial charge in [-0.15, -0.1) is 23.1 Å². The zero-order valence-corrected chi connectivity index (χ0v) is 10.8. The monoisotopic (exact) mass is 265 g/mol. The Hall–Kier alpha value is -1.27. The second kappa shape index (κ2) is 4.19. The Bertz CT molecular complexity index is 547. The maximum absolute atomic E-state index is 11.6. The molecule has 1 aliphatic rings. The van der Waals surface area contributed by atoms with Crippen molar-refractivity contribution in [2.75, 3.05) is 11.1 Å². The third-order valence-electron chi connectivity index (χ3n) is 2.70. The molecule has 0 aliphatic carbocycles. The summed E-state index contributed by atoms with van der Waals surface area (Å²) in [4.78, 5) is 12.8. The fourth-order valence-electron chi connectivity index (χ4n) is 1.93. The lowest BCUT2D eigenvalue weighted by molar-refractivity contribution is -0.113. The van der Waals surface area contributed by atoms with Gasteiger partial charge in [0.1, 0.15) is 0 Å². The molecule has 0 bridgehead atoms. The normalized spacial score (nSPS) is 19.6. The van der Waals surface area contributed by atoms with Crippen molar-refractivity contribution in [3.8, 4) is 0 Å². The van der Waals surface area contributed by atoms with Crippen molar-refractivity contribution in [3.05, 3.63) is 33.6 Å². The first-order valence-corrected chi connectivity index (χ1v) is 7.18. The quantitative estimate of drug-likeness (QED) is 0.833. The van der Waals surface area contributed by atoms with Crippen LogP contribution in [0.4, 0.5) is 5.82 Å². The van der Waals surface area contributed by atoms with Gasteiger partial charge in [-0.05, 0) is 18.4 Å². The molecule has 6 heteroatoms. The summed E-state index contributed by atoms with van der Waals surface area (Å²) in [6.07, 6.45) is 0. The summed E-state index contributed by atoms with van der Waals surface area (Å²) in [5.41, 5.74) is 2.12. The van der Waals surface area contributed by atoms with Gasteiger partial charge in [-0.1, -0.05) is 6.07 Å².